The average Bonchev–Trinajstić information content (AvgIpc) is 2.20. The zero-order valence-electron chi connectivity index (χ0n) is 8.33. The van der Waals surface area contributed by atoms with Crippen LogP contribution in [0.25, 0.3) is 0 Å². The lowest BCUT2D eigenvalue weighted by Gasteiger charge is -2.24. The quantitative estimate of drug-likeness (QED) is 0.833. The summed E-state index contributed by atoms with van der Waals surface area (Å²) in [5.41, 5.74) is 6.89. The summed E-state index contributed by atoms with van der Waals surface area (Å²) in [6, 6.07) is 3.74. The number of benzene rings is 1. The minimum absolute atomic E-state index is 0. The van der Waals surface area contributed by atoms with Crippen LogP contribution >= 0.6 is 24.0 Å². The Hall–Kier alpha value is -0.640. The van der Waals surface area contributed by atoms with Crippen LogP contribution in [0.1, 0.15) is 18.0 Å². The summed E-state index contributed by atoms with van der Waals surface area (Å²) >= 11 is 6.09. The molecular formula is C10H13Cl2NO2. The molecule has 84 valence electrons. The number of rotatable bonds is 1. The van der Waals surface area contributed by atoms with Gasteiger partial charge in [-0.1, -0.05) is 11.6 Å². The van der Waals surface area contributed by atoms with Crippen molar-refractivity contribution in [2.24, 2.45) is 5.73 Å². The highest BCUT2D eigenvalue weighted by Crippen LogP contribution is 2.41. The summed E-state index contributed by atoms with van der Waals surface area (Å²) in [6.07, 6.45) is 0.829. The topological polar surface area (TPSA) is 44.5 Å². The average molecular weight is 250 g/mol. The predicted molar refractivity (Wildman–Crippen MR) is 62.3 cm³/mol. The van der Waals surface area contributed by atoms with Crippen LogP contribution in [0.5, 0.6) is 11.5 Å². The lowest BCUT2D eigenvalue weighted by Crippen LogP contribution is -2.20. The van der Waals surface area contributed by atoms with Gasteiger partial charge in [0, 0.05) is 18.0 Å². The summed E-state index contributed by atoms with van der Waals surface area (Å²) in [7, 11) is 1.58. The summed E-state index contributed by atoms with van der Waals surface area (Å²) in [6.45, 7) is 0.612. The number of fused-ring (bicyclic) bond motifs is 1. The van der Waals surface area contributed by atoms with Gasteiger partial charge in [0.2, 0.25) is 0 Å². The molecule has 1 heterocycles. The van der Waals surface area contributed by atoms with Crippen LogP contribution in [-0.4, -0.2) is 13.7 Å². The van der Waals surface area contributed by atoms with Gasteiger partial charge in [0.15, 0.2) is 0 Å². The highest BCUT2D eigenvalue weighted by molar-refractivity contribution is 6.33. The fourth-order valence-corrected chi connectivity index (χ4v) is 1.90. The summed E-state index contributed by atoms with van der Waals surface area (Å²) < 4.78 is 10.6. The van der Waals surface area contributed by atoms with Crippen molar-refractivity contribution in [3.63, 3.8) is 0 Å². The van der Waals surface area contributed by atoms with Crippen molar-refractivity contribution < 1.29 is 9.47 Å². The summed E-state index contributed by atoms with van der Waals surface area (Å²) in [5, 5.41) is 0.514. The van der Waals surface area contributed by atoms with Crippen LogP contribution in [0.3, 0.4) is 0 Å². The molecular weight excluding hydrogens is 237 g/mol. The van der Waals surface area contributed by atoms with E-state index < -0.39 is 0 Å². The van der Waals surface area contributed by atoms with Crippen molar-refractivity contribution in [3.05, 3.63) is 22.7 Å². The maximum atomic E-state index is 6.09. The Kier molecular flexibility index (Phi) is 4.08. The largest absolute Gasteiger partial charge is 0.495 e. The van der Waals surface area contributed by atoms with Gasteiger partial charge in [-0.05, 0) is 12.1 Å². The lowest BCUT2D eigenvalue weighted by atomic mass is 10.0. The maximum absolute atomic E-state index is 6.09. The molecule has 2 N–H and O–H groups in total. The SMILES string of the molecule is COc1ccc2c(c1Cl)OCC[C@@H]2N.Cl. The smallest absolute Gasteiger partial charge is 0.146 e. The zero-order valence-corrected chi connectivity index (χ0v) is 9.90. The van der Waals surface area contributed by atoms with E-state index in [4.69, 9.17) is 26.8 Å². The fraction of sp³-hybridized carbons (Fsp3) is 0.400. The second-order valence-corrected chi connectivity index (χ2v) is 3.62. The van der Waals surface area contributed by atoms with Gasteiger partial charge in [-0.2, -0.15) is 0 Å². The van der Waals surface area contributed by atoms with Gasteiger partial charge in [0.1, 0.15) is 16.5 Å². The first-order valence-corrected chi connectivity index (χ1v) is 4.86. The standard InChI is InChI=1S/C10H12ClNO2.ClH/c1-13-8-3-2-6-7(12)4-5-14-10(6)9(8)11;/h2-3,7H,4-5,12H2,1H3;1H/t7-;/m0./s1. The van der Waals surface area contributed by atoms with Crippen LogP contribution in [0.15, 0.2) is 12.1 Å². The normalized spacial score (nSPS) is 18.5. The maximum Gasteiger partial charge on any atom is 0.146 e. The Morgan fingerprint density at radius 1 is 1.53 bits per heavy atom. The lowest BCUT2D eigenvalue weighted by molar-refractivity contribution is 0.267. The van der Waals surface area contributed by atoms with E-state index in [1.165, 1.54) is 0 Å². The van der Waals surface area contributed by atoms with E-state index in [0.717, 1.165) is 12.0 Å². The molecule has 0 aliphatic carbocycles. The molecule has 0 aromatic heterocycles. The molecule has 1 aromatic rings. The molecule has 0 bridgehead atoms. The molecule has 5 heteroatoms. The Labute approximate surface area is 99.9 Å². The Morgan fingerprint density at radius 3 is 2.93 bits per heavy atom. The first-order chi connectivity index (χ1) is 6.74. The van der Waals surface area contributed by atoms with Crippen LogP contribution in [-0.2, 0) is 0 Å². The van der Waals surface area contributed by atoms with Crippen LogP contribution in [0.2, 0.25) is 5.02 Å². The van der Waals surface area contributed by atoms with Crippen molar-refractivity contribution in [2.45, 2.75) is 12.5 Å². The molecule has 3 nitrogen and oxygen atoms in total. The first kappa shape index (κ1) is 12.4. The van der Waals surface area contributed by atoms with Crippen LogP contribution < -0.4 is 15.2 Å². The monoisotopic (exact) mass is 249 g/mol. The molecule has 0 amide bonds. The Morgan fingerprint density at radius 2 is 2.27 bits per heavy atom. The van der Waals surface area contributed by atoms with Crippen LogP contribution in [0.4, 0.5) is 0 Å². The highest BCUT2D eigenvalue weighted by atomic mass is 35.5. The molecule has 0 radical (unpaired) electrons. The van der Waals surface area contributed by atoms with E-state index in [0.29, 0.717) is 23.1 Å². The van der Waals surface area contributed by atoms with E-state index in [1.54, 1.807) is 7.11 Å². The van der Waals surface area contributed by atoms with Crippen molar-refractivity contribution >= 4 is 24.0 Å². The van der Waals surface area contributed by atoms with E-state index in [1.807, 2.05) is 12.1 Å². The Bertz CT molecular complexity index is 358. The van der Waals surface area contributed by atoms with Gasteiger partial charge >= 0.3 is 0 Å². The molecule has 1 atom stereocenters. The molecule has 0 saturated heterocycles. The number of hydrogen-bond donors (Lipinski definition) is 1. The molecule has 0 spiro atoms. The van der Waals surface area contributed by atoms with Gasteiger partial charge in [0.05, 0.1) is 13.7 Å². The van der Waals surface area contributed by atoms with Gasteiger partial charge in [-0.3, -0.25) is 0 Å². The first-order valence-electron chi connectivity index (χ1n) is 4.49. The molecule has 15 heavy (non-hydrogen) atoms. The molecule has 1 aliphatic rings. The van der Waals surface area contributed by atoms with Gasteiger partial charge in [-0.15, -0.1) is 12.4 Å². The van der Waals surface area contributed by atoms with Crippen molar-refractivity contribution in [1.29, 1.82) is 0 Å². The van der Waals surface area contributed by atoms with Crippen molar-refractivity contribution in [3.8, 4) is 11.5 Å². The van der Waals surface area contributed by atoms with E-state index in [2.05, 4.69) is 0 Å². The van der Waals surface area contributed by atoms with E-state index in [9.17, 15) is 0 Å². The third-order valence-corrected chi connectivity index (χ3v) is 2.74. The molecule has 2 rings (SSSR count). The number of nitrogens with two attached hydrogens (primary N) is 1. The van der Waals surface area contributed by atoms with Crippen molar-refractivity contribution in [1.82, 2.24) is 0 Å². The third-order valence-electron chi connectivity index (χ3n) is 2.39. The predicted octanol–water partition coefficient (Wildman–Crippen LogP) is 2.55. The second-order valence-electron chi connectivity index (χ2n) is 3.24. The minimum atomic E-state index is 0. The minimum Gasteiger partial charge on any atom is -0.495 e. The number of ether oxygens (including phenoxy) is 2. The highest BCUT2D eigenvalue weighted by Gasteiger charge is 2.22. The molecule has 0 saturated carbocycles. The van der Waals surface area contributed by atoms with Crippen LogP contribution in [0, 0.1) is 0 Å². The van der Waals surface area contributed by atoms with Crippen molar-refractivity contribution in [2.75, 3.05) is 13.7 Å². The van der Waals surface area contributed by atoms with E-state index in [-0.39, 0.29) is 18.4 Å². The second kappa shape index (κ2) is 4.92. The number of methoxy groups -OCH3 is 1. The molecule has 0 unspecified atom stereocenters. The summed E-state index contributed by atoms with van der Waals surface area (Å²) in [4.78, 5) is 0. The zero-order chi connectivity index (χ0) is 10.1. The fourth-order valence-electron chi connectivity index (χ4n) is 1.59. The van der Waals surface area contributed by atoms with Gasteiger partial charge < -0.3 is 15.2 Å². The number of halogens is 2. The summed E-state index contributed by atoms with van der Waals surface area (Å²) in [5.74, 6) is 1.30. The third kappa shape index (κ3) is 2.14. The molecule has 1 aliphatic heterocycles. The van der Waals surface area contributed by atoms with E-state index >= 15 is 0 Å². The Balaban J connectivity index is 0.00000112. The van der Waals surface area contributed by atoms with Gasteiger partial charge in [0.25, 0.3) is 0 Å². The van der Waals surface area contributed by atoms with Gasteiger partial charge in [-0.25, -0.2) is 0 Å². The molecule has 1 aromatic carbocycles. The molecule has 0 fully saturated rings. The number of hydrogen-bond acceptors (Lipinski definition) is 3.